The number of nitrogens with one attached hydrogen (secondary N) is 1. The number of hydrogen-bond donors (Lipinski definition) is 2. The first kappa shape index (κ1) is 12.5. The molecule has 2 aromatic rings. The molecule has 0 saturated carbocycles. The highest BCUT2D eigenvalue weighted by Crippen LogP contribution is 2.29. The number of hydrogen-bond acceptors (Lipinski definition) is 3. The fourth-order valence-electron chi connectivity index (χ4n) is 2.72. The van der Waals surface area contributed by atoms with Gasteiger partial charge in [-0.2, -0.15) is 0 Å². The molecule has 2 N–H and O–H groups in total. The Labute approximate surface area is 113 Å². The van der Waals surface area contributed by atoms with Crippen LogP contribution in [0, 0.1) is 0 Å². The van der Waals surface area contributed by atoms with E-state index >= 15 is 0 Å². The minimum Gasteiger partial charge on any atom is -0.508 e. The Morgan fingerprint density at radius 3 is 2.68 bits per heavy atom. The minimum absolute atomic E-state index is 0.407. The topological polar surface area (TPSA) is 35.5 Å². The van der Waals surface area contributed by atoms with Crippen LogP contribution in [0.5, 0.6) is 5.75 Å². The molecule has 0 unspecified atom stereocenters. The van der Waals surface area contributed by atoms with Gasteiger partial charge in [0.25, 0.3) is 0 Å². The molecule has 0 aromatic heterocycles. The summed E-state index contributed by atoms with van der Waals surface area (Å²) in [5, 5.41) is 15.8. The summed E-state index contributed by atoms with van der Waals surface area (Å²) >= 11 is 0. The Kier molecular flexibility index (Phi) is 3.40. The molecule has 1 heterocycles. The molecule has 0 radical (unpaired) electrons. The third-order valence-corrected chi connectivity index (χ3v) is 4.06. The highest BCUT2D eigenvalue weighted by molar-refractivity contribution is 5.87. The molecule has 0 amide bonds. The highest BCUT2D eigenvalue weighted by Gasteiger charge is 2.24. The number of phenols is 1. The SMILES string of the molecule is CCN(Cc1c(O)ccc2ccccc12)C1CNC1. The van der Waals surface area contributed by atoms with E-state index in [-0.39, 0.29) is 0 Å². The molecular formula is C16H20N2O. The van der Waals surface area contributed by atoms with Crippen molar-refractivity contribution in [1.29, 1.82) is 0 Å². The van der Waals surface area contributed by atoms with Gasteiger partial charge in [-0.25, -0.2) is 0 Å². The van der Waals surface area contributed by atoms with Gasteiger partial charge in [0.1, 0.15) is 5.75 Å². The van der Waals surface area contributed by atoms with E-state index in [0.717, 1.165) is 37.1 Å². The van der Waals surface area contributed by atoms with E-state index in [1.165, 1.54) is 5.39 Å². The molecule has 0 bridgehead atoms. The second-order valence-corrected chi connectivity index (χ2v) is 5.16. The van der Waals surface area contributed by atoms with Gasteiger partial charge in [0.15, 0.2) is 0 Å². The maximum Gasteiger partial charge on any atom is 0.120 e. The zero-order chi connectivity index (χ0) is 13.2. The lowest BCUT2D eigenvalue weighted by Crippen LogP contribution is -2.56. The van der Waals surface area contributed by atoms with Crippen LogP contribution in [0.3, 0.4) is 0 Å². The van der Waals surface area contributed by atoms with Crippen molar-refractivity contribution in [2.45, 2.75) is 19.5 Å². The quantitative estimate of drug-likeness (QED) is 0.881. The van der Waals surface area contributed by atoms with Crippen LogP contribution in [-0.4, -0.2) is 35.7 Å². The largest absolute Gasteiger partial charge is 0.508 e. The molecule has 1 saturated heterocycles. The van der Waals surface area contributed by atoms with E-state index in [1.54, 1.807) is 0 Å². The smallest absolute Gasteiger partial charge is 0.120 e. The van der Waals surface area contributed by atoms with Crippen LogP contribution in [0.25, 0.3) is 10.8 Å². The molecule has 19 heavy (non-hydrogen) atoms. The summed E-state index contributed by atoms with van der Waals surface area (Å²) < 4.78 is 0. The maximum atomic E-state index is 10.2. The lowest BCUT2D eigenvalue weighted by Gasteiger charge is -2.38. The Hall–Kier alpha value is -1.58. The van der Waals surface area contributed by atoms with Gasteiger partial charge >= 0.3 is 0 Å². The van der Waals surface area contributed by atoms with Gasteiger partial charge < -0.3 is 10.4 Å². The van der Waals surface area contributed by atoms with Crippen molar-refractivity contribution >= 4 is 10.8 Å². The number of nitrogens with zero attached hydrogens (tertiary/aromatic N) is 1. The molecule has 3 nitrogen and oxygen atoms in total. The van der Waals surface area contributed by atoms with Crippen LogP contribution >= 0.6 is 0 Å². The fraction of sp³-hybridized carbons (Fsp3) is 0.375. The van der Waals surface area contributed by atoms with Crippen molar-refractivity contribution in [2.75, 3.05) is 19.6 Å². The monoisotopic (exact) mass is 256 g/mol. The van der Waals surface area contributed by atoms with Gasteiger partial charge in [0.2, 0.25) is 0 Å². The molecule has 3 rings (SSSR count). The second kappa shape index (κ2) is 5.19. The number of benzene rings is 2. The van der Waals surface area contributed by atoms with Crippen molar-refractivity contribution in [3.8, 4) is 5.75 Å². The van der Waals surface area contributed by atoms with Crippen molar-refractivity contribution in [3.05, 3.63) is 42.0 Å². The molecule has 1 aliphatic heterocycles. The molecule has 0 spiro atoms. The summed E-state index contributed by atoms with van der Waals surface area (Å²) in [5.41, 5.74) is 1.05. The number of fused-ring (bicyclic) bond motifs is 1. The first-order chi connectivity index (χ1) is 9.29. The van der Waals surface area contributed by atoms with E-state index in [0.29, 0.717) is 11.8 Å². The highest BCUT2D eigenvalue weighted by atomic mass is 16.3. The number of phenolic OH excluding ortho intramolecular Hbond substituents is 1. The third kappa shape index (κ3) is 2.31. The normalized spacial score (nSPS) is 15.9. The van der Waals surface area contributed by atoms with Crippen LogP contribution in [0.4, 0.5) is 0 Å². The second-order valence-electron chi connectivity index (χ2n) is 5.16. The van der Waals surface area contributed by atoms with Crippen LogP contribution in [0.2, 0.25) is 0 Å². The van der Waals surface area contributed by atoms with Gasteiger partial charge in [-0.3, -0.25) is 4.90 Å². The molecule has 2 aromatic carbocycles. The summed E-state index contributed by atoms with van der Waals surface area (Å²) in [4.78, 5) is 2.43. The molecular weight excluding hydrogens is 236 g/mol. The summed E-state index contributed by atoms with van der Waals surface area (Å²) in [6.45, 7) is 6.12. The van der Waals surface area contributed by atoms with Crippen LogP contribution in [-0.2, 0) is 6.54 Å². The Morgan fingerprint density at radius 1 is 1.21 bits per heavy atom. The molecule has 0 atom stereocenters. The maximum absolute atomic E-state index is 10.2. The van der Waals surface area contributed by atoms with Crippen molar-refractivity contribution in [2.24, 2.45) is 0 Å². The van der Waals surface area contributed by atoms with E-state index in [4.69, 9.17) is 0 Å². The minimum atomic E-state index is 0.407. The predicted molar refractivity (Wildman–Crippen MR) is 78.4 cm³/mol. The lowest BCUT2D eigenvalue weighted by molar-refractivity contribution is 0.144. The van der Waals surface area contributed by atoms with Crippen LogP contribution in [0.1, 0.15) is 12.5 Å². The van der Waals surface area contributed by atoms with Gasteiger partial charge in [-0.05, 0) is 23.4 Å². The Balaban J connectivity index is 1.96. The average molecular weight is 256 g/mol. The summed E-state index contributed by atoms with van der Waals surface area (Å²) in [7, 11) is 0. The van der Waals surface area contributed by atoms with Crippen molar-refractivity contribution in [3.63, 3.8) is 0 Å². The van der Waals surface area contributed by atoms with Gasteiger partial charge in [-0.15, -0.1) is 0 Å². The molecule has 1 aliphatic rings. The Morgan fingerprint density at radius 2 is 2.00 bits per heavy atom. The zero-order valence-corrected chi connectivity index (χ0v) is 11.3. The van der Waals surface area contributed by atoms with E-state index in [9.17, 15) is 5.11 Å². The van der Waals surface area contributed by atoms with Gasteiger partial charge in [0, 0.05) is 31.2 Å². The molecule has 0 aliphatic carbocycles. The fourth-order valence-corrected chi connectivity index (χ4v) is 2.72. The van der Waals surface area contributed by atoms with Crippen molar-refractivity contribution in [1.82, 2.24) is 10.2 Å². The van der Waals surface area contributed by atoms with Crippen LogP contribution in [0.15, 0.2) is 36.4 Å². The summed E-state index contributed by atoms with van der Waals surface area (Å²) in [5.74, 6) is 0.407. The number of aromatic hydroxyl groups is 1. The molecule has 3 heteroatoms. The predicted octanol–water partition coefficient (Wildman–Crippen LogP) is 2.34. The molecule has 100 valence electrons. The van der Waals surface area contributed by atoms with Gasteiger partial charge in [-0.1, -0.05) is 37.3 Å². The summed E-state index contributed by atoms with van der Waals surface area (Å²) in [6.07, 6.45) is 0. The van der Waals surface area contributed by atoms with E-state index in [2.05, 4.69) is 29.3 Å². The lowest BCUT2D eigenvalue weighted by atomic mass is 10.0. The van der Waals surface area contributed by atoms with E-state index < -0.39 is 0 Å². The standard InChI is InChI=1S/C16H20N2O/c1-2-18(13-9-17-10-13)11-15-14-6-4-3-5-12(14)7-8-16(15)19/h3-8,13,17,19H,2,9-11H2,1H3. The van der Waals surface area contributed by atoms with Gasteiger partial charge in [0.05, 0.1) is 0 Å². The first-order valence-corrected chi connectivity index (χ1v) is 6.94. The van der Waals surface area contributed by atoms with Crippen molar-refractivity contribution < 1.29 is 5.11 Å². The Bertz CT molecular complexity index is 578. The summed E-state index contributed by atoms with van der Waals surface area (Å²) in [6, 6.07) is 12.7. The number of likely N-dealkylation sites (N-methyl/N-ethyl adjacent to an activating group) is 1. The third-order valence-electron chi connectivity index (χ3n) is 4.06. The van der Waals surface area contributed by atoms with Crippen LogP contribution < -0.4 is 5.32 Å². The first-order valence-electron chi connectivity index (χ1n) is 6.94. The van der Waals surface area contributed by atoms with E-state index in [1.807, 2.05) is 24.3 Å². The number of rotatable bonds is 4. The zero-order valence-electron chi connectivity index (χ0n) is 11.3. The molecule has 1 fully saturated rings. The average Bonchev–Trinajstić information content (AvgIpc) is 2.38.